The lowest BCUT2D eigenvalue weighted by Crippen LogP contribution is -2.50. The van der Waals surface area contributed by atoms with Crippen molar-refractivity contribution >= 4 is 11.7 Å². The number of carbonyl (C=O) groups excluding carboxylic acids is 1. The second-order valence-electron chi connectivity index (χ2n) is 7.78. The van der Waals surface area contributed by atoms with Crippen molar-refractivity contribution in [2.45, 2.75) is 26.8 Å². The van der Waals surface area contributed by atoms with Gasteiger partial charge in [-0.15, -0.1) is 0 Å². The first-order valence-electron chi connectivity index (χ1n) is 10.7. The average Bonchev–Trinajstić information content (AvgIpc) is 3.23. The standard InChI is InChI=1S/C23H27FN6O2/c1-4-18-12-20(17-5-6-19(24)16(2)11-17)27-30(18)14-23(31)29-9-7-28(8-10-29)21-13-22(32-3)26-15-25-21/h5-6,11-13,15H,4,7-10,14H2,1-3H3. The van der Waals surface area contributed by atoms with Crippen LogP contribution in [0.25, 0.3) is 11.3 Å². The van der Waals surface area contributed by atoms with Crippen LogP contribution in [0.15, 0.2) is 36.7 Å². The lowest BCUT2D eigenvalue weighted by Gasteiger charge is -2.35. The highest BCUT2D eigenvalue weighted by Crippen LogP contribution is 2.23. The first-order chi connectivity index (χ1) is 15.5. The second-order valence-corrected chi connectivity index (χ2v) is 7.78. The minimum Gasteiger partial charge on any atom is -0.481 e. The first kappa shape index (κ1) is 21.7. The van der Waals surface area contributed by atoms with Gasteiger partial charge < -0.3 is 14.5 Å². The molecule has 2 aromatic heterocycles. The van der Waals surface area contributed by atoms with Gasteiger partial charge in [0.2, 0.25) is 11.8 Å². The number of hydrogen-bond acceptors (Lipinski definition) is 6. The van der Waals surface area contributed by atoms with E-state index in [1.807, 2.05) is 17.9 Å². The van der Waals surface area contributed by atoms with E-state index in [0.29, 0.717) is 37.6 Å². The molecule has 1 aliphatic rings. The zero-order chi connectivity index (χ0) is 22.7. The summed E-state index contributed by atoms with van der Waals surface area (Å²) in [5.41, 5.74) is 3.14. The Morgan fingerprint density at radius 2 is 1.91 bits per heavy atom. The molecule has 0 unspecified atom stereocenters. The molecule has 1 fully saturated rings. The van der Waals surface area contributed by atoms with Crippen LogP contribution in [-0.4, -0.2) is 63.8 Å². The molecule has 0 spiro atoms. The molecule has 4 rings (SSSR count). The van der Waals surface area contributed by atoms with Crippen LogP contribution in [0, 0.1) is 12.7 Å². The fraction of sp³-hybridized carbons (Fsp3) is 0.391. The van der Waals surface area contributed by atoms with Crippen molar-refractivity contribution in [2.75, 3.05) is 38.2 Å². The Balaban J connectivity index is 1.42. The number of methoxy groups -OCH3 is 1. The Bertz CT molecular complexity index is 1110. The van der Waals surface area contributed by atoms with Crippen molar-refractivity contribution in [2.24, 2.45) is 0 Å². The Morgan fingerprint density at radius 1 is 1.12 bits per heavy atom. The summed E-state index contributed by atoms with van der Waals surface area (Å²) in [5.74, 6) is 1.11. The summed E-state index contributed by atoms with van der Waals surface area (Å²) in [6, 6.07) is 8.73. The summed E-state index contributed by atoms with van der Waals surface area (Å²) in [6.45, 7) is 6.54. The number of rotatable bonds is 6. The van der Waals surface area contributed by atoms with Crippen LogP contribution >= 0.6 is 0 Å². The maximum Gasteiger partial charge on any atom is 0.244 e. The SMILES string of the molecule is CCc1cc(-c2ccc(F)c(C)c2)nn1CC(=O)N1CCN(c2cc(OC)ncn2)CC1. The summed E-state index contributed by atoms with van der Waals surface area (Å²) >= 11 is 0. The molecule has 9 heteroatoms. The maximum atomic E-state index is 13.6. The normalized spacial score (nSPS) is 14.0. The topological polar surface area (TPSA) is 76.4 Å². The van der Waals surface area contributed by atoms with Crippen LogP contribution in [-0.2, 0) is 17.8 Å². The van der Waals surface area contributed by atoms with E-state index in [1.165, 1.54) is 12.4 Å². The average molecular weight is 439 g/mol. The Hall–Kier alpha value is -3.49. The van der Waals surface area contributed by atoms with E-state index in [1.54, 1.807) is 36.9 Å². The molecule has 0 N–H and O–H groups in total. The highest BCUT2D eigenvalue weighted by Gasteiger charge is 2.23. The molecule has 1 aliphatic heterocycles. The molecular formula is C23H27FN6O2. The van der Waals surface area contributed by atoms with Gasteiger partial charge in [-0.2, -0.15) is 5.10 Å². The van der Waals surface area contributed by atoms with Gasteiger partial charge in [0.15, 0.2) is 0 Å². The van der Waals surface area contributed by atoms with E-state index in [-0.39, 0.29) is 18.3 Å². The largest absolute Gasteiger partial charge is 0.481 e. The molecule has 3 aromatic rings. The molecule has 168 valence electrons. The van der Waals surface area contributed by atoms with Crippen LogP contribution in [0.5, 0.6) is 5.88 Å². The van der Waals surface area contributed by atoms with Crippen LogP contribution < -0.4 is 9.64 Å². The fourth-order valence-corrected chi connectivity index (χ4v) is 3.85. The Morgan fingerprint density at radius 3 is 2.59 bits per heavy atom. The third-order valence-corrected chi connectivity index (χ3v) is 5.76. The summed E-state index contributed by atoms with van der Waals surface area (Å²) < 4.78 is 20.6. The molecule has 0 radical (unpaired) electrons. The van der Waals surface area contributed by atoms with E-state index in [2.05, 4.69) is 20.0 Å². The van der Waals surface area contributed by atoms with Crippen molar-refractivity contribution < 1.29 is 13.9 Å². The first-order valence-corrected chi connectivity index (χ1v) is 10.7. The van der Waals surface area contributed by atoms with Crippen LogP contribution in [0.4, 0.5) is 10.2 Å². The predicted molar refractivity (Wildman–Crippen MR) is 119 cm³/mol. The number of piperazine rings is 1. The zero-order valence-electron chi connectivity index (χ0n) is 18.6. The molecule has 32 heavy (non-hydrogen) atoms. The van der Waals surface area contributed by atoms with Gasteiger partial charge in [-0.25, -0.2) is 14.4 Å². The minimum atomic E-state index is -0.237. The van der Waals surface area contributed by atoms with Gasteiger partial charge in [-0.05, 0) is 43.2 Å². The number of halogens is 1. The lowest BCUT2D eigenvalue weighted by atomic mass is 10.1. The molecule has 0 aliphatic carbocycles. The molecule has 1 saturated heterocycles. The summed E-state index contributed by atoms with van der Waals surface area (Å²) in [7, 11) is 1.57. The predicted octanol–water partition coefficient (Wildman–Crippen LogP) is 2.71. The fourth-order valence-electron chi connectivity index (χ4n) is 3.85. The number of hydrogen-bond donors (Lipinski definition) is 0. The monoisotopic (exact) mass is 438 g/mol. The van der Waals surface area contributed by atoms with Gasteiger partial charge in [0, 0.05) is 43.5 Å². The third-order valence-electron chi connectivity index (χ3n) is 5.76. The highest BCUT2D eigenvalue weighted by molar-refractivity contribution is 5.76. The molecular weight excluding hydrogens is 411 g/mol. The molecule has 8 nitrogen and oxygen atoms in total. The van der Waals surface area contributed by atoms with Crippen molar-refractivity contribution in [1.82, 2.24) is 24.6 Å². The van der Waals surface area contributed by atoms with Crippen molar-refractivity contribution in [3.63, 3.8) is 0 Å². The van der Waals surface area contributed by atoms with Gasteiger partial charge in [0.05, 0.1) is 12.8 Å². The lowest BCUT2D eigenvalue weighted by molar-refractivity contribution is -0.132. The van der Waals surface area contributed by atoms with Crippen molar-refractivity contribution in [3.8, 4) is 17.1 Å². The summed E-state index contributed by atoms with van der Waals surface area (Å²) in [6.07, 6.45) is 2.24. The number of nitrogens with zero attached hydrogens (tertiary/aromatic N) is 6. The van der Waals surface area contributed by atoms with Crippen molar-refractivity contribution in [3.05, 3.63) is 53.7 Å². The minimum absolute atomic E-state index is 0.0320. The molecule has 1 amide bonds. The molecule has 1 aromatic carbocycles. The molecule has 0 bridgehead atoms. The van der Waals surface area contributed by atoms with Gasteiger partial charge in [-0.1, -0.05) is 6.92 Å². The number of benzene rings is 1. The van der Waals surface area contributed by atoms with E-state index < -0.39 is 0 Å². The molecule has 3 heterocycles. The van der Waals surface area contributed by atoms with E-state index in [4.69, 9.17) is 4.74 Å². The van der Waals surface area contributed by atoms with E-state index in [9.17, 15) is 9.18 Å². The number of amides is 1. The Kier molecular flexibility index (Phi) is 6.34. The summed E-state index contributed by atoms with van der Waals surface area (Å²) in [4.78, 5) is 25.3. The van der Waals surface area contributed by atoms with Gasteiger partial charge in [-0.3, -0.25) is 9.48 Å². The van der Waals surface area contributed by atoms with Gasteiger partial charge >= 0.3 is 0 Å². The van der Waals surface area contributed by atoms with Crippen LogP contribution in [0.3, 0.4) is 0 Å². The molecule has 0 saturated carbocycles. The van der Waals surface area contributed by atoms with Crippen LogP contribution in [0.1, 0.15) is 18.2 Å². The van der Waals surface area contributed by atoms with Crippen LogP contribution in [0.2, 0.25) is 0 Å². The quantitative estimate of drug-likeness (QED) is 0.589. The van der Waals surface area contributed by atoms with E-state index >= 15 is 0 Å². The maximum absolute atomic E-state index is 13.6. The van der Waals surface area contributed by atoms with Crippen molar-refractivity contribution in [1.29, 1.82) is 0 Å². The number of ether oxygens (including phenoxy) is 1. The highest BCUT2D eigenvalue weighted by atomic mass is 19.1. The number of carbonyl (C=O) groups is 1. The second kappa shape index (κ2) is 9.33. The number of aryl methyl sites for hydroxylation is 2. The third kappa shape index (κ3) is 4.56. The zero-order valence-corrected chi connectivity index (χ0v) is 18.6. The summed E-state index contributed by atoms with van der Waals surface area (Å²) in [5, 5.41) is 4.64. The van der Waals surface area contributed by atoms with Gasteiger partial charge in [0.25, 0.3) is 0 Å². The number of aromatic nitrogens is 4. The van der Waals surface area contributed by atoms with Gasteiger partial charge in [0.1, 0.15) is 24.5 Å². The molecule has 0 atom stereocenters. The number of anilines is 1. The Labute approximate surface area is 186 Å². The smallest absolute Gasteiger partial charge is 0.244 e. The van der Waals surface area contributed by atoms with E-state index in [0.717, 1.165) is 29.2 Å².